The van der Waals surface area contributed by atoms with Crippen LogP contribution in [-0.4, -0.2) is 30.8 Å². The van der Waals surface area contributed by atoms with Gasteiger partial charge in [0.1, 0.15) is 11.0 Å². The van der Waals surface area contributed by atoms with Crippen molar-refractivity contribution in [3.63, 3.8) is 0 Å². The van der Waals surface area contributed by atoms with Crippen molar-refractivity contribution in [1.82, 2.24) is 4.98 Å². The van der Waals surface area contributed by atoms with Gasteiger partial charge in [-0.3, -0.25) is 9.59 Å². The largest absolute Gasteiger partial charge is 0.363 e. The summed E-state index contributed by atoms with van der Waals surface area (Å²) in [6, 6.07) is 9.92. The van der Waals surface area contributed by atoms with Crippen molar-refractivity contribution >= 4 is 34.8 Å². The van der Waals surface area contributed by atoms with Crippen molar-refractivity contribution in [2.75, 3.05) is 24.3 Å². The third-order valence-electron chi connectivity index (χ3n) is 3.03. The number of ketones is 1. The molecule has 0 unspecified atom stereocenters. The molecule has 5 nitrogen and oxygen atoms in total. The normalized spacial score (nSPS) is 10.2. The first-order valence-electron chi connectivity index (χ1n) is 6.64. The average Bonchev–Trinajstić information content (AvgIpc) is 2.46. The summed E-state index contributed by atoms with van der Waals surface area (Å²) in [5, 5.41) is 3.00. The zero-order valence-corrected chi connectivity index (χ0v) is 13.3. The van der Waals surface area contributed by atoms with E-state index in [0.29, 0.717) is 22.6 Å². The number of anilines is 2. The van der Waals surface area contributed by atoms with Crippen LogP contribution in [0.2, 0.25) is 5.15 Å². The number of hydrogen-bond acceptors (Lipinski definition) is 4. The molecule has 6 heteroatoms. The average molecular weight is 318 g/mol. The zero-order chi connectivity index (χ0) is 16.3. The standard InChI is InChI=1S/C16H16ClN3O2/c1-10(21)11-5-4-6-13(7-11)18-16(22)12-8-14(17)19-15(9-12)20(2)3/h4-9H,1-3H3,(H,18,22). The molecule has 0 radical (unpaired) electrons. The number of Topliss-reactive ketones (excluding diaryl/α,β-unsaturated/α-hetero) is 1. The minimum Gasteiger partial charge on any atom is -0.363 e. The summed E-state index contributed by atoms with van der Waals surface area (Å²) in [5.74, 6) is 0.223. The molecule has 1 aromatic heterocycles. The van der Waals surface area contributed by atoms with E-state index in [2.05, 4.69) is 10.3 Å². The summed E-state index contributed by atoms with van der Waals surface area (Å²) in [6.07, 6.45) is 0. The molecule has 0 saturated heterocycles. The Morgan fingerprint density at radius 1 is 1.14 bits per heavy atom. The van der Waals surface area contributed by atoms with Crippen molar-refractivity contribution in [2.24, 2.45) is 0 Å². The molecule has 2 aromatic rings. The smallest absolute Gasteiger partial charge is 0.255 e. The molecule has 0 spiro atoms. The fourth-order valence-corrected chi connectivity index (χ4v) is 2.07. The first-order valence-corrected chi connectivity index (χ1v) is 7.02. The van der Waals surface area contributed by atoms with Crippen LogP contribution in [-0.2, 0) is 0 Å². The molecule has 0 fully saturated rings. The number of carbonyl (C=O) groups excluding carboxylic acids is 2. The number of pyridine rings is 1. The molecular formula is C16H16ClN3O2. The topological polar surface area (TPSA) is 62.3 Å². The van der Waals surface area contributed by atoms with E-state index in [1.165, 1.54) is 13.0 Å². The van der Waals surface area contributed by atoms with Gasteiger partial charge in [0.05, 0.1) is 0 Å². The fraction of sp³-hybridized carbons (Fsp3) is 0.188. The summed E-state index contributed by atoms with van der Waals surface area (Å²) in [5.41, 5.74) is 1.49. The predicted octanol–water partition coefficient (Wildman–Crippen LogP) is 3.26. The number of rotatable bonds is 4. The molecule has 0 aliphatic rings. The second-order valence-corrected chi connectivity index (χ2v) is 5.41. The Kier molecular flexibility index (Phi) is 4.78. The van der Waals surface area contributed by atoms with E-state index in [-0.39, 0.29) is 16.8 Å². The van der Waals surface area contributed by atoms with E-state index in [0.717, 1.165) is 0 Å². The number of aromatic nitrogens is 1. The van der Waals surface area contributed by atoms with Gasteiger partial charge in [-0.2, -0.15) is 0 Å². The Bertz CT molecular complexity index is 729. The van der Waals surface area contributed by atoms with Gasteiger partial charge in [-0.25, -0.2) is 4.98 Å². The van der Waals surface area contributed by atoms with Crippen molar-refractivity contribution in [2.45, 2.75) is 6.92 Å². The second kappa shape index (κ2) is 6.58. The van der Waals surface area contributed by atoms with E-state index in [1.54, 1.807) is 35.2 Å². The van der Waals surface area contributed by atoms with Crippen LogP contribution in [0.15, 0.2) is 36.4 Å². The van der Waals surface area contributed by atoms with Crippen molar-refractivity contribution < 1.29 is 9.59 Å². The number of hydrogen-bond donors (Lipinski definition) is 1. The zero-order valence-electron chi connectivity index (χ0n) is 12.6. The Hall–Kier alpha value is -2.40. The van der Waals surface area contributed by atoms with Gasteiger partial charge in [0.2, 0.25) is 0 Å². The van der Waals surface area contributed by atoms with Crippen molar-refractivity contribution in [1.29, 1.82) is 0 Å². The Balaban J connectivity index is 2.26. The van der Waals surface area contributed by atoms with Gasteiger partial charge in [0.25, 0.3) is 5.91 Å². The van der Waals surface area contributed by atoms with Crippen LogP contribution >= 0.6 is 11.6 Å². The first-order chi connectivity index (χ1) is 10.4. The van der Waals surface area contributed by atoms with Gasteiger partial charge in [-0.05, 0) is 31.2 Å². The van der Waals surface area contributed by atoms with Gasteiger partial charge >= 0.3 is 0 Å². The fourth-order valence-electron chi connectivity index (χ4n) is 1.86. The molecule has 1 amide bonds. The van der Waals surface area contributed by atoms with Crippen molar-refractivity contribution in [3.8, 4) is 0 Å². The number of nitrogens with zero attached hydrogens (tertiary/aromatic N) is 2. The summed E-state index contributed by atoms with van der Waals surface area (Å²) < 4.78 is 0. The van der Waals surface area contributed by atoms with Crippen LogP contribution in [0.3, 0.4) is 0 Å². The monoisotopic (exact) mass is 317 g/mol. The number of carbonyl (C=O) groups is 2. The quantitative estimate of drug-likeness (QED) is 0.694. The van der Waals surface area contributed by atoms with Crippen LogP contribution in [0.1, 0.15) is 27.6 Å². The summed E-state index contributed by atoms with van der Waals surface area (Å²) in [4.78, 5) is 29.6. The highest BCUT2D eigenvalue weighted by Gasteiger charge is 2.11. The minimum atomic E-state index is -0.312. The Labute approximate surface area is 133 Å². The third-order valence-corrected chi connectivity index (χ3v) is 3.22. The molecule has 114 valence electrons. The third kappa shape index (κ3) is 3.83. The molecule has 2 rings (SSSR count). The highest BCUT2D eigenvalue weighted by atomic mass is 35.5. The Morgan fingerprint density at radius 3 is 2.50 bits per heavy atom. The first kappa shape index (κ1) is 16.0. The lowest BCUT2D eigenvalue weighted by Gasteiger charge is -2.13. The maximum Gasteiger partial charge on any atom is 0.255 e. The van der Waals surface area contributed by atoms with Crippen LogP contribution in [0, 0.1) is 0 Å². The van der Waals surface area contributed by atoms with Gasteiger partial charge < -0.3 is 10.2 Å². The van der Waals surface area contributed by atoms with Gasteiger partial charge in [0, 0.05) is 30.9 Å². The lowest BCUT2D eigenvalue weighted by molar-refractivity contribution is 0.101. The van der Waals surface area contributed by atoms with E-state index >= 15 is 0 Å². The SMILES string of the molecule is CC(=O)c1cccc(NC(=O)c2cc(Cl)nc(N(C)C)c2)c1. The van der Waals surface area contributed by atoms with E-state index < -0.39 is 0 Å². The number of nitrogens with one attached hydrogen (secondary N) is 1. The molecule has 1 aromatic carbocycles. The van der Waals surface area contributed by atoms with Gasteiger partial charge in [0.15, 0.2) is 5.78 Å². The Morgan fingerprint density at radius 2 is 1.86 bits per heavy atom. The highest BCUT2D eigenvalue weighted by Crippen LogP contribution is 2.18. The molecule has 0 bridgehead atoms. The molecule has 0 aliphatic heterocycles. The molecule has 1 heterocycles. The van der Waals surface area contributed by atoms with Crippen LogP contribution in [0.4, 0.5) is 11.5 Å². The predicted molar refractivity (Wildman–Crippen MR) is 88.0 cm³/mol. The molecule has 0 atom stereocenters. The molecule has 1 N–H and O–H groups in total. The summed E-state index contributed by atoms with van der Waals surface area (Å²) in [7, 11) is 3.63. The van der Waals surface area contributed by atoms with E-state index in [9.17, 15) is 9.59 Å². The lowest BCUT2D eigenvalue weighted by Crippen LogP contribution is -2.15. The summed E-state index contributed by atoms with van der Waals surface area (Å²) in [6.45, 7) is 1.48. The van der Waals surface area contributed by atoms with Gasteiger partial charge in [-0.1, -0.05) is 23.7 Å². The minimum absolute atomic E-state index is 0.0575. The molecular weight excluding hydrogens is 302 g/mol. The second-order valence-electron chi connectivity index (χ2n) is 5.02. The van der Waals surface area contributed by atoms with E-state index in [1.807, 2.05) is 14.1 Å². The lowest BCUT2D eigenvalue weighted by atomic mass is 10.1. The number of amides is 1. The highest BCUT2D eigenvalue weighted by molar-refractivity contribution is 6.30. The van der Waals surface area contributed by atoms with Crippen LogP contribution in [0.25, 0.3) is 0 Å². The van der Waals surface area contributed by atoms with Gasteiger partial charge in [-0.15, -0.1) is 0 Å². The maximum atomic E-state index is 12.3. The van der Waals surface area contributed by atoms with Crippen LogP contribution in [0.5, 0.6) is 0 Å². The van der Waals surface area contributed by atoms with E-state index in [4.69, 9.17) is 11.6 Å². The van der Waals surface area contributed by atoms with Crippen molar-refractivity contribution in [3.05, 3.63) is 52.7 Å². The number of benzene rings is 1. The van der Waals surface area contributed by atoms with Crippen LogP contribution < -0.4 is 10.2 Å². The summed E-state index contributed by atoms with van der Waals surface area (Å²) >= 11 is 5.95. The number of halogens is 1. The molecule has 0 aliphatic carbocycles. The maximum absolute atomic E-state index is 12.3. The molecule has 22 heavy (non-hydrogen) atoms. The molecule has 0 saturated carbocycles.